The smallest absolute Gasteiger partial charge is 0.240 e. The van der Waals surface area contributed by atoms with E-state index in [1.54, 1.807) is 11.8 Å². The molecule has 1 aromatic rings. The van der Waals surface area contributed by atoms with Crippen molar-refractivity contribution in [3.05, 3.63) is 18.3 Å². The largest absolute Gasteiger partial charge is 0.480 e. The molecule has 0 aliphatic rings. The van der Waals surface area contributed by atoms with E-state index >= 15 is 0 Å². The van der Waals surface area contributed by atoms with Crippen molar-refractivity contribution in [1.29, 1.82) is 0 Å². The van der Waals surface area contributed by atoms with Gasteiger partial charge in [-0.25, -0.2) is 0 Å². The molecule has 0 N–H and O–H groups in total. The SMILES string of the molecule is C=C(C)c1cn(C)nc1OC. The average molecular weight is 152 g/mol. The van der Waals surface area contributed by atoms with Gasteiger partial charge < -0.3 is 4.74 Å². The molecule has 0 aliphatic carbocycles. The molecule has 60 valence electrons. The molecule has 0 unspecified atom stereocenters. The van der Waals surface area contributed by atoms with Crippen LogP contribution in [-0.2, 0) is 7.05 Å². The highest BCUT2D eigenvalue weighted by Gasteiger charge is 2.06. The molecule has 0 bridgehead atoms. The number of hydrogen-bond donors (Lipinski definition) is 0. The first kappa shape index (κ1) is 7.85. The Morgan fingerprint density at radius 3 is 2.73 bits per heavy atom. The van der Waals surface area contributed by atoms with E-state index in [1.807, 2.05) is 20.2 Å². The van der Waals surface area contributed by atoms with E-state index in [2.05, 4.69) is 11.7 Å². The molecule has 0 aromatic carbocycles. The molecule has 1 rings (SSSR count). The molecule has 0 amide bonds. The maximum absolute atomic E-state index is 5.03. The molecule has 1 heterocycles. The van der Waals surface area contributed by atoms with Crippen LogP contribution in [0.3, 0.4) is 0 Å². The second-order valence-corrected chi connectivity index (χ2v) is 2.51. The monoisotopic (exact) mass is 152 g/mol. The van der Waals surface area contributed by atoms with Crippen LogP contribution < -0.4 is 4.74 Å². The van der Waals surface area contributed by atoms with Crippen molar-refractivity contribution >= 4 is 5.57 Å². The maximum Gasteiger partial charge on any atom is 0.240 e. The lowest BCUT2D eigenvalue weighted by atomic mass is 10.2. The van der Waals surface area contributed by atoms with Gasteiger partial charge in [-0.1, -0.05) is 6.58 Å². The highest BCUT2D eigenvalue weighted by molar-refractivity contribution is 5.64. The van der Waals surface area contributed by atoms with Crippen molar-refractivity contribution < 1.29 is 4.74 Å². The first-order valence-electron chi connectivity index (χ1n) is 3.38. The highest BCUT2D eigenvalue weighted by Crippen LogP contribution is 2.21. The van der Waals surface area contributed by atoms with E-state index in [1.165, 1.54) is 0 Å². The number of methoxy groups -OCH3 is 1. The van der Waals surface area contributed by atoms with Crippen molar-refractivity contribution in [2.75, 3.05) is 7.11 Å². The van der Waals surface area contributed by atoms with Gasteiger partial charge in [0.05, 0.1) is 12.7 Å². The summed E-state index contributed by atoms with van der Waals surface area (Å²) >= 11 is 0. The van der Waals surface area contributed by atoms with Gasteiger partial charge >= 0.3 is 0 Å². The van der Waals surface area contributed by atoms with Gasteiger partial charge in [0.15, 0.2) is 0 Å². The van der Waals surface area contributed by atoms with Crippen molar-refractivity contribution in [3.8, 4) is 5.88 Å². The van der Waals surface area contributed by atoms with Gasteiger partial charge in [-0.2, -0.15) is 0 Å². The van der Waals surface area contributed by atoms with Crippen LogP contribution in [0, 0.1) is 0 Å². The van der Waals surface area contributed by atoms with Gasteiger partial charge in [-0.15, -0.1) is 5.10 Å². The lowest BCUT2D eigenvalue weighted by Crippen LogP contribution is -1.89. The zero-order chi connectivity index (χ0) is 8.43. The summed E-state index contributed by atoms with van der Waals surface area (Å²) in [5.41, 5.74) is 1.94. The van der Waals surface area contributed by atoms with Gasteiger partial charge in [0.2, 0.25) is 5.88 Å². The van der Waals surface area contributed by atoms with Gasteiger partial charge in [-0.05, 0) is 12.5 Å². The van der Waals surface area contributed by atoms with E-state index in [-0.39, 0.29) is 0 Å². The minimum absolute atomic E-state index is 0.639. The van der Waals surface area contributed by atoms with E-state index < -0.39 is 0 Å². The fourth-order valence-corrected chi connectivity index (χ4v) is 0.912. The van der Waals surface area contributed by atoms with Crippen LogP contribution in [0.5, 0.6) is 5.88 Å². The van der Waals surface area contributed by atoms with Crippen LogP contribution in [0.15, 0.2) is 12.8 Å². The molecule has 1 aromatic heterocycles. The normalized spacial score (nSPS) is 9.73. The van der Waals surface area contributed by atoms with E-state index in [4.69, 9.17) is 4.74 Å². The third-order valence-electron chi connectivity index (χ3n) is 1.45. The van der Waals surface area contributed by atoms with Gasteiger partial charge in [-0.3, -0.25) is 4.68 Å². The quantitative estimate of drug-likeness (QED) is 0.641. The predicted octanol–water partition coefficient (Wildman–Crippen LogP) is 1.46. The molecular weight excluding hydrogens is 140 g/mol. The third kappa shape index (κ3) is 1.42. The number of aromatic nitrogens is 2. The standard InChI is InChI=1S/C8H12N2O/c1-6(2)7-5-10(3)9-8(7)11-4/h5H,1H2,2-4H3. The van der Waals surface area contributed by atoms with Crippen LogP contribution >= 0.6 is 0 Å². The van der Waals surface area contributed by atoms with Gasteiger partial charge in [0, 0.05) is 13.2 Å². The van der Waals surface area contributed by atoms with E-state index in [9.17, 15) is 0 Å². The first-order chi connectivity index (χ1) is 5.15. The summed E-state index contributed by atoms with van der Waals surface area (Å²) in [5.74, 6) is 0.639. The summed E-state index contributed by atoms with van der Waals surface area (Å²) in [6.45, 7) is 5.74. The minimum Gasteiger partial charge on any atom is -0.480 e. The van der Waals surface area contributed by atoms with Gasteiger partial charge in [0.25, 0.3) is 0 Å². The van der Waals surface area contributed by atoms with Crippen LogP contribution in [0.2, 0.25) is 0 Å². The first-order valence-corrected chi connectivity index (χ1v) is 3.38. The second-order valence-electron chi connectivity index (χ2n) is 2.51. The zero-order valence-electron chi connectivity index (χ0n) is 7.09. The Morgan fingerprint density at radius 2 is 2.36 bits per heavy atom. The van der Waals surface area contributed by atoms with Crippen LogP contribution in [0.25, 0.3) is 5.57 Å². The maximum atomic E-state index is 5.03. The summed E-state index contributed by atoms with van der Waals surface area (Å²) in [4.78, 5) is 0. The van der Waals surface area contributed by atoms with E-state index in [0.717, 1.165) is 11.1 Å². The molecule has 0 fully saturated rings. The Bertz CT molecular complexity index is 276. The summed E-state index contributed by atoms with van der Waals surface area (Å²) in [5, 5.41) is 4.08. The Kier molecular flexibility index (Phi) is 1.98. The summed E-state index contributed by atoms with van der Waals surface area (Å²) in [6, 6.07) is 0. The minimum atomic E-state index is 0.639. The van der Waals surface area contributed by atoms with Crippen molar-refractivity contribution in [2.45, 2.75) is 6.92 Å². The fourth-order valence-electron chi connectivity index (χ4n) is 0.912. The van der Waals surface area contributed by atoms with Gasteiger partial charge in [0.1, 0.15) is 0 Å². The number of ether oxygens (including phenoxy) is 1. The predicted molar refractivity (Wildman–Crippen MR) is 44.5 cm³/mol. The Morgan fingerprint density at radius 1 is 1.73 bits per heavy atom. The molecule has 0 radical (unpaired) electrons. The molecule has 3 heteroatoms. The Hall–Kier alpha value is -1.25. The lowest BCUT2D eigenvalue weighted by molar-refractivity contribution is 0.391. The molecule has 0 saturated carbocycles. The van der Waals surface area contributed by atoms with Crippen LogP contribution in [0.1, 0.15) is 12.5 Å². The van der Waals surface area contributed by atoms with Crippen molar-refractivity contribution in [1.82, 2.24) is 9.78 Å². The number of rotatable bonds is 2. The second kappa shape index (κ2) is 2.78. The fraction of sp³-hybridized carbons (Fsp3) is 0.375. The summed E-state index contributed by atoms with van der Waals surface area (Å²) in [7, 11) is 3.46. The molecule has 0 spiro atoms. The number of allylic oxidation sites excluding steroid dienone is 1. The molecule has 0 saturated heterocycles. The number of nitrogens with zero attached hydrogens (tertiary/aromatic N) is 2. The third-order valence-corrected chi connectivity index (χ3v) is 1.45. The topological polar surface area (TPSA) is 27.1 Å². The average Bonchev–Trinajstić information content (AvgIpc) is 2.30. The molecular formula is C8H12N2O. The lowest BCUT2D eigenvalue weighted by Gasteiger charge is -1.96. The Labute approximate surface area is 66.3 Å². The Balaban J connectivity index is 3.12. The molecule has 3 nitrogen and oxygen atoms in total. The molecule has 0 aliphatic heterocycles. The van der Waals surface area contributed by atoms with E-state index in [0.29, 0.717) is 5.88 Å². The number of aryl methyl sites for hydroxylation is 1. The summed E-state index contributed by atoms with van der Waals surface area (Å²) < 4.78 is 6.75. The molecule has 0 atom stereocenters. The van der Waals surface area contributed by atoms with Crippen LogP contribution in [0.4, 0.5) is 0 Å². The molecule has 11 heavy (non-hydrogen) atoms. The van der Waals surface area contributed by atoms with Crippen molar-refractivity contribution in [2.24, 2.45) is 7.05 Å². The van der Waals surface area contributed by atoms with Crippen LogP contribution in [-0.4, -0.2) is 16.9 Å². The number of hydrogen-bond acceptors (Lipinski definition) is 2. The van der Waals surface area contributed by atoms with Crippen molar-refractivity contribution in [3.63, 3.8) is 0 Å². The highest BCUT2D eigenvalue weighted by atomic mass is 16.5. The summed E-state index contributed by atoms with van der Waals surface area (Å²) in [6.07, 6.45) is 1.89. The zero-order valence-corrected chi connectivity index (χ0v) is 7.09.